The van der Waals surface area contributed by atoms with Crippen LogP contribution in [0.4, 0.5) is 0 Å². The molecular weight excluding hydrogens is 266 g/mol. The van der Waals surface area contributed by atoms with Crippen molar-refractivity contribution < 1.29 is 4.74 Å². The molecule has 1 heterocycles. The van der Waals surface area contributed by atoms with Gasteiger partial charge in [-0.15, -0.1) is 0 Å². The Balaban J connectivity index is 2.45. The number of rotatable bonds is 3. The van der Waals surface area contributed by atoms with Crippen molar-refractivity contribution >= 4 is 26.8 Å². The third-order valence-corrected chi connectivity index (χ3v) is 3.28. The smallest absolute Gasteiger partial charge is 0.0741 e. The maximum Gasteiger partial charge on any atom is 0.0741 e. The van der Waals surface area contributed by atoms with Crippen LogP contribution in [0.15, 0.2) is 28.9 Å². The van der Waals surface area contributed by atoms with Crippen molar-refractivity contribution in [2.24, 2.45) is 7.05 Å². The summed E-state index contributed by atoms with van der Waals surface area (Å²) in [5, 5.41) is 1.26. The molecule has 0 radical (unpaired) electrons. The van der Waals surface area contributed by atoms with Gasteiger partial charge in [0.15, 0.2) is 0 Å². The fraction of sp³-hybridized carbons (Fsp3) is 0.385. The molecule has 0 unspecified atom stereocenters. The molecule has 0 N–H and O–H groups in total. The predicted molar refractivity (Wildman–Crippen MR) is 70.5 cm³/mol. The van der Waals surface area contributed by atoms with E-state index in [1.807, 2.05) is 0 Å². The number of benzene rings is 1. The van der Waals surface area contributed by atoms with E-state index in [2.05, 4.69) is 65.8 Å². The molecule has 0 amide bonds. The minimum atomic E-state index is 0.262. The van der Waals surface area contributed by atoms with Crippen molar-refractivity contribution in [2.45, 2.75) is 26.6 Å². The Morgan fingerprint density at radius 3 is 2.81 bits per heavy atom. The maximum absolute atomic E-state index is 5.67. The molecule has 0 saturated heterocycles. The Bertz CT molecular complexity index is 502. The molecule has 0 aliphatic carbocycles. The van der Waals surface area contributed by atoms with E-state index >= 15 is 0 Å². The number of fused-ring (bicyclic) bond motifs is 1. The first-order valence-electron chi connectivity index (χ1n) is 5.43. The number of aryl methyl sites for hydroxylation is 1. The summed E-state index contributed by atoms with van der Waals surface area (Å²) in [4.78, 5) is 0. The number of hydrogen-bond acceptors (Lipinski definition) is 1. The van der Waals surface area contributed by atoms with Gasteiger partial charge in [0.2, 0.25) is 0 Å². The van der Waals surface area contributed by atoms with Crippen LogP contribution in [0.3, 0.4) is 0 Å². The van der Waals surface area contributed by atoms with E-state index in [1.54, 1.807) is 0 Å². The molecule has 0 fully saturated rings. The van der Waals surface area contributed by atoms with E-state index in [0.717, 1.165) is 4.47 Å². The van der Waals surface area contributed by atoms with Crippen LogP contribution in [-0.2, 0) is 18.4 Å². The third-order valence-electron chi connectivity index (χ3n) is 2.61. The van der Waals surface area contributed by atoms with E-state index in [4.69, 9.17) is 4.74 Å². The number of hydrogen-bond donors (Lipinski definition) is 0. The highest BCUT2D eigenvalue weighted by atomic mass is 79.9. The summed E-state index contributed by atoms with van der Waals surface area (Å²) in [5.41, 5.74) is 2.47. The quantitative estimate of drug-likeness (QED) is 0.833. The van der Waals surface area contributed by atoms with Crippen molar-refractivity contribution in [1.82, 2.24) is 4.57 Å². The molecule has 0 saturated carbocycles. The standard InChI is InChI=1S/C13H16BrNO/c1-9(2)16-8-10-7-15(3)12-6-4-5-11(14)13(10)12/h4-7,9H,8H2,1-3H3. The zero-order valence-corrected chi connectivity index (χ0v) is 11.4. The average molecular weight is 282 g/mol. The fourth-order valence-corrected chi connectivity index (χ4v) is 2.47. The van der Waals surface area contributed by atoms with E-state index in [1.165, 1.54) is 16.5 Å². The van der Waals surface area contributed by atoms with Gasteiger partial charge in [-0.1, -0.05) is 22.0 Å². The molecule has 1 aromatic carbocycles. The van der Waals surface area contributed by atoms with Gasteiger partial charge in [0, 0.05) is 34.2 Å². The van der Waals surface area contributed by atoms with Gasteiger partial charge in [-0.25, -0.2) is 0 Å². The largest absolute Gasteiger partial charge is 0.374 e. The summed E-state index contributed by atoms with van der Waals surface area (Å²) in [7, 11) is 2.06. The van der Waals surface area contributed by atoms with Crippen molar-refractivity contribution in [3.05, 3.63) is 34.4 Å². The molecule has 1 aromatic heterocycles. The second-order valence-corrected chi connectivity index (χ2v) is 5.11. The van der Waals surface area contributed by atoms with Gasteiger partial charge in [-0.3, -0.25) is 0 Å². The fourth-order valence-electron chi connectivity index (χ4n) is 1.86. The lowest BCUT2D eigenvalue weighted by atomic mass is 10.2. The lowest BCUT2D eigenvalue weighted by molar-refractivity contribution is 0.0663. The molecule has 2 aromatic rings. The molecular formula is C13H16BrNO. The molecule has 0 aliphatic rings. The second-order valence-electron chi connectivity index (χ2n) is 4.26. The van der Waals surface area contributed by atoms with Crippen LogP contribution in [0, 0.1) is 0 Å². The van der Waals surface area contributed by atoms with Crippen molar-refractivity contribution in [2.75, 3.05) is 0 Å². The van der Waals surface area contributed by atoms with Gasteiger partial charge in [0.1, 0.15) is 0 Å². The Labute approximate surface area is 104 Å². The molecule has 2 rings (SSSR count). The summed E-state index contributed by atoms with van der Waals surface area (Å²) in [5.74, 6) is 0. The normalized spacial score (nSPS) is 11.6. The first-order valence-corrected chi connectivity index (χ1v) is 6.23. The maximum atomic E-state index is 5.67. The third kappa shape index (κ3) is 2.15. The zero-order valence-electron chi connectivity index (χ0n) is 9.83. The summed E-state index contributed by atoms with van der Waals surface area (Å²) in [6.07, 6.45) is 2.40. The number of ether oxygens (including phenoxy) is 1. The zero-order chi connectivity index (χ0) is 11.7. The molecule has 0 spiro atoms. The lowest BCUT2D eigenvalue weighted by Crippen LogP contribution is -2.01. The minimum absolute atomic E-state index is 0.262. The highest BCUT2D eigenvalue weighted by molar-refractivity contribution is 9.10. The van der Waals surface area contributed by atoms with Crippen molar-refractivity contribution in [1.29, 1.82) is 0 Å². The van der Waals surface area contributed by atoms with Crippen LogP contribution in [0.1, 0.15) is 19.4 Å². The Morgan fingerprint density at radius 1 is 1.38 bits per heavy atom. The minimum Gasteiger partial charge on any atom is -0.374 e. The molecule has 0 atom stereocenters. The first-order chi connectivity index (χ1) is 7.59. The molecule has 0 aliphatic heterocycles. The summed E-state index contributed by atoms with van der Waals surface area (Å²) in [6.45, 7) is 4.78. The molecule has 16 heavy (non-hydrogen) atoms. The summed E-state index contributed by atoms with van der Waals surface area (Å²) in [6, 6.07) is 6.25. The van der Waals surface area contributed by atoms with E-state index < -0.39 is 0 Å². The number of aromatic nitrogens is 1. The lowest BCUT2D eigenvalue weighted by Gasteiger charge is -2.06. The average Bonchev–Trinajstić information content (AvgIpc) is 2.55. The SMILES string of the molecule is CC(C)OCc1cn(C)c2cccc(Br)c12. The van der Waals surface area contributed by atoms with Gasteiger partial charge in [0.05, 0.1) is 12.7 Å². The van der Waals surface area contributed by atoms with Gasteiger partial charge >= 0.3 is 0 Å². The Kier molecular flexibility index (Phi) is 3.36. The molecule has 0 bridgehead atoms. The molecule has 2 nitrogen and oxygen atoms in total. The monoisotopic (exact) mass is 281 g/mol. The van der Waals surface area contributed by atoms with Crippen LogP contribution < -0.4 is 0 Å². The van der Waals surface area contributed by atoms with Crippen molar-refractivity contribution in [3.8, 4) is 0 Å². The summed E-state index contributed by atoms with van der Waals surface area (Å²) >= 11 is 3.60. The molecule has 3 heteroatoms. The topological polar surface area (TPSA) is 14.2 Å². The van der Waals surface area contributed by atoms with Crippen molar-refractivity contribution in [3.63, 3.8) is 0 Å². The van der Waals surface area contributed by atoms with Gasteiger partial charge < -0.3 is 9.30 Å². The van der Waals surface area contributed by atoms with Crippen LogP contribution in [0.5, 0.6) is 0 Å². The van der Waals surface area contributed by atoms with Gasteiger partial charge in [0.25, 0.3) is 0 Å². The highest BCUT2D eigenvalue weighted by Gasteiger charge is 2.09. The highest BCUT2D eigenvalue weighted by Crippen LogP contribution is 2.29. The number of nitrogens with zero attached hydrogens (tertiary/aromatic N) is 1. The van der Waals surface area contributed by atoms with Gasteiger partial charge in [-0.05, 0) is 26.0 Å². The van der Waals surface area contributed by atoms with E-state index in [9.17, 15) is 0 Å². The number of halogens is 1. The van der Waals surface area contributed by atoms with Crippen LogP contribution >= 0.6 is 15.9 Å². The van der Waals surface area contributed by atoms with E-state index in [-0.39, 0.29) is 6.10 Å². The summed E-state index contributed by atoms with van der Waals surface area (Å²) < 4.78 is 8.94. The van der Waals surface area contributed by atoms with Crippen LogP contribution in [-0.4, -0.2) is 10.7 Å². The first kappa shape index (κ1) is 11.7. The molecule has 86 valence electrons. The second kappa shape index (κ2) is 4.60. The van der Waals surface area contributed by atoms with Gasteiger partial charge in [-0.2, -0.15) is 0 Å². The predicted octanol–water partition coefficient (Wildman–Crippen LogP) is 3.87. The van der Waals surface area contributed by atoms with E-state index in [0.29, 0.717) is 6.61 Å². The van der Waals surface area contributed by atoms with Crippen LogP contribution in [0.2, 0.25) is 0 Å². The van der Waals surface area contributed by atoms with Crippen LogP contribution in [0.25, 0.3) is 10.9 Å². The Morgan fingerprint density at radius 2 is 2.12 bits per heavy atom. The Hall–Kier alpha value is -0.800.